The minimum absolute atomic E-state index is 1.00. The van der Waals surface area contributed by atoms with E-state index in [1.165, 1.54) is 10.8 Å². The molecule has 1 aromatic carbocycles. The average molecular weight is 201 g/mol. The van der Waals surface area contributed by atoms with E-state index in [4.69, 9.17) is 0 Å². The molecule has 0 bridgehead atoms. The van der Waals surface area contributed by atoms with Crippen LogP contribution >= 0.6 is 0 Å². The van der Waals surface area contributed by atoms with Crippen LogP contribution in [0.25, 0.3) is 10.8 Å². The first-order valence-electron chi connectivity index (χ1n) is 4.97. The van der Waals surface area contributed by atoms with Crippen LogP contribution in [0.1, 0.15) is 0 Å². The summed E-state index contributed by atoms with van der Waals surface area (Å²) in [4.78, 5) is 6.47. The van der Waals surface area contributed by atoms with Crippen molar-refractivity contribution in [1.29, 1.82) is 0 Å². The van der Waals surface area contributed by atoms with E-state index in [9.17, 15) is 0 Å². The van der Waals surface area contributed by atoms with Crippen molar-refractivity contribution in [3.05, 3.63) is 30.5 Å². The number of aromatic nitrogens is 1. The van der Waals surface area contributed by atoms with Crippen LogP contribution in [-0.4, -0.2) is 26.1 Å². The van der Waals surface area contributed by atoms with Crippen molar-refractivity contribution < 1.29 is 0 Å². The molecule has 0 fully saturated rings. The zero-order valence-corrected chi connectivity index (χ0v) is 9.28. The maximum absolute atomic E-state index is 4.44. The van der Waals surface area contributed by atoms with Crippen LogP contribution in [0, 0.1) is 0 Å². The van der Waals surface area contributed by atoms with Crippen molar-refractivity contribution in [3.63, 3.8) is 0 Å². The van der Waals surface area contributed by atoms with Gasteiger partial charge in [-0.25, -0.2) is 4.98 Å². The largest absolute Gasteiger partial charge is 0.386 e. The molecule has 2 rings (SSSR count). The Morgan fingerprint density at radius 3 is 2.40 bits per heavy atom. The van der Waals surface area contributed by atoms with Crippen molar-refractivity contribution in [2.75, 3.05) is 31.4 Å². The Morgan fingerprint density at radius 2 is 1.80 bits per heavy atom. The predicted octanol–water partition coefficient (Wildman–Crippen LogP) is 2.34. The van der Waals surface area contributed by atoms with Gasteiger partial charge in [-0.2, -0.15) is 0 Å². The van der Waals surface area contributed by atoms with Crippen molar-refractivity contribution in [3.8, 4) is 0 Å². The van der Waals surface area contributed by atoms with Gasteiger partial charge < -0.3 is 10.2 Å². The first-order chi connectivity index (χ1) is 7.24. The molecule has 15 heavy (non-hydrogen) atoms. The van der Waals surface area contributed by atoms with Gasteiger partial charge in [0.2, 0.25) is 0 Å². The van der Waals surface area contributed by atoms with Crippen molar-refractivity contribution >= 4 is 22.3 Å². The van der Waals surface area contributed by atoms with E-state index >= 15 is 0 Å². The molecule has 0 aliphatic carbocycles. The van der Waals surface area contributed by atoms with Gasteiger partial charge in [-0.05, 0) is 0 Å². The first-order valence-corrected chi connectivity index (χ1v) is 4.97. The summed E-state index contributed by atoms with van der Waals surface area (Å²) in [7, 11) is 5.93. The Labute approximate surface area is 89.7 Å². The van der Waals surface area contributed by atoms with Gasteiger partial charge in [-0.1, -0.05) is 24.3 Å². The summed E-state index contributed by atoms with van der Waals surface area (Å²) in [6.07, 6.45) is 1.87. The zero-order valence-electron chi connectivity index (χ0n) is 9.28. The second kappa shape index (κ2) is 3.77. The number of benzene rings is 1. The molecule has 0 atom stereocenters. The van der Waals surface area contributed by atoms with Crippen LogP contribution in [0.5, 0.6) is 0 Å². The molecule has 78 valence electrons. The Morgan fingerprint density at radius 1 is 1.13 bits per heavy atom. The van der Waals surface area contributed by atoms with Gasteiger partial charge in [0, 0.05) is 31.9 Å². The highest BCUT2D eigenvalue weighted by Gasteiger charge is 2.06. The summed E-state index contributed by atoms with van der Waals surface area (Å²) in [6, 6.07) is 8.29. The molecule has 0 radical (unpaired) electrons. The van der Waals surface area contributed by atoms with Crippen LogP contribution < -0.4 is 10.2 Å². The molecule has 0 saturated heterocycles. The van der Waals surface area contributed by atoms with Crippen molar-refractivity contribution in [2.45, 2.75) is 0 Å². The Kier molecular flexibility index (Phi) is 2.46. The molecule has 1 N–H and O–H groups in total. The molecule has 3 heteroatoms. The van der Waals surface area contributed by atoms with Crippen LogP contribution in [0.4, 0.5) is 11.5 Å². The van der Waals surface area contributed by atoms with Gasteiger partial charge >= 0.3 is 0 Å². The van der Waals surface area contributed by atoms with E-state index in [0.29, 0.717) is 0 Å². The van der Waals surface area contributed by atoms with E-state index in [0.717, 1.165) is 11.5 Å². The highest BCUT2D eigenvalue weighted by molar-refractivity contribution is 5.99. The molecule has 0 aliphatic rings. The summed E-state index contributed by atoms with van der Waals surface area (Å²) in [6.45, 7) is 0. The third-order valence-corrected chi connectivity index (χ3v) is 2.47. The first kappa shape index (κ1) is 9.77. The molecular formula is C12H15N3. The van der Waals surface area contributed by atoms with Gasteiger partial charge in [0.05, 0.1) is 11.9 Å². The van der Waals surface area contributed by atoms with Gasteiger partial charge in [0.25, 0.3) is 0 Å². The molecular weight excluding hydrogens is 186 g/mol. The second-order valence-corrected chi connectivity index (χ2v) is 3.69. The van der Waals surface area contributed by atoms with Gasteiger partial charge in [0.1, 0.15) is 5.82 Å². The fourth-order valence-electron chi connectivity index (χ4n) is 1.73. The second-order valence-electron chi connectivity index (χ2n) is 3.69. The maximum Gasteiger partial charge on any atom is 0.136 e. The van der Waals surface area contributed by atoms with E-state index in [-0.39, 0.29) is 0 Å². The summed E-state index contributed by atoms with van der Waals surface area (Å²) in [5, 5.41) is 5.54. The molecule has 0 amide bonds. The van der Waals surface area contributed by atoms with Crippen LogP contribution in [0.15, 0.2) is 30.5 Å². The van der Waals surface area contributed by atoms with Gasteiger partial charge in [-0.3, -0.25) is 0 Å². The highest BCUT2D eigenvalue weighted by atomic mass is 15.1. The third kappa shape index (κ3) is 1.61. The molecule has 2 aromatic rings. The number of nitrogens with one attached hydrogen (secondary N) is 1. The van der Waals surface area contributed by atoms with Crippen LogP contribution in [-0.2, 0) is 0 Å². The number of hydrogen-bond acceptors (Lipinski definition) is 3. The lowest BCUT2D eigenvalue weighted by Gasteiger charge is -2.15. The summed E-state index contributed by atoms with van der Waals surface area (Å²) >= 11 is 0. The molecule has 0 aliphatic heterocycles. The minimum Gasteiger partial charge on any atom is -0.386 e. The predicted molar refractivity (Wildman–Crippen MR) is 65.6 cm³/mol. The van der Waals surface area contributed by atoms with E-state index in [1.807, 2.05) is 44.4 Å². The Bertz CT molecular complexity index is 477. The van der Waals surface area contributed by atoms with Crippen LogP contribution in [0.3, 0.4) is 0 Å². The number of rotatable bonds is 2. The standard InChI is InChI=1S/C12H15N3/c1-13-11-8-14-12(15(2)3)10-7-5-4-6-9(10)11/h4-8,13H,1-3H3. The molecule has 1 aromatic heterocycles. The lowest BCUT2D eigenvalue weighted by Crippen LogP contribution is -2.11. The summed E-state index contributed by atoms with van der Waals surface area (Å²) < 4.78 is 0. The zero-order chi connectivity index (χ0) is 10.8. The van der Waals surface area contributed by atoms with Gasteiger partial charge in [0.15, 0.2) is 0 Å². The fraction of sp³-hybridized carbons (Fsp3) is 0.250. The number of pyridine rings is 1. The third-order valence-electron chi connectivity index (χ3n) is 2.47. The number of fused-ring (bicyclic) bond motifs is 1. The molecule has 0 saturated carbocycles. The monoisotopic (exact) mass is 201 g/mol. The minimum atomic E-state index is 1.00. The topological polar surface area (TPSA) is 28.2 Å². The van der Waals surface area contributed by atoms with E-state index in [2.05, 4.69) is 22.4 Å². The molecule has 3 nitrogen and oxygen atoms in total. The van der Waals surface area contributed by atoms with Gasteiger partial charge in [-0.15, -0.1) is 0 Å². The number of anilines is 2. The molecule has 0 unspecified atom stereocenters. The lowest BCUT2D eigenvalue weighted by molar-refractivity contribution is 1.08. The van der Waals surface area contributed by atoms with Crippen molar-refractivity contribution in [2.24, 2.45) is 0 Å². The molecule has 1 heterocycles. The van der Waals surface area contributed by atoms with E-state index in [1.54, 1.807) is 0 Å². The highest BCUT2D eigenvalue weighted by Crippen LogP contribution is 2.28. The fourth-order valence-corrected chi connectivity index (χ4v) is 1.73. The quantitative estimate of drug-likeness (QED) is 0.808. The summed E-state index contributed by atoms with van der Waals surface area (Å²) in [5.74, 6) is 1.00. The average Bonchev–Trinajstić information content (AvgIpc) is 2.27. The summed E-state index contributed by atoms with van der Waals surface area (Å²) in [5.41, 5.74) is 1.07. The van der Waals surface area contributed by atoms with Crippen LogP contribution in [0.2, 0.25) is 0 Å². The maximum atomic E-state index is 4.44. The van der Waals surface area contributed by atoms with E-state index < -0.39 is 0 Å². The number of hydrogen-bond donors (Lipinski definition) is 1. The smallest absolute Gasteiger partial charge is 0.136 e. The van der Waals surface area contributed by atoms with Crippen molar-refractivity contribution in [1.82, 2.24) is 4.98 Å². The Balaban J connectivity index is 2.77. The lowest BCUT2D eigenvalue weighted by atomic mass is 10.1. The normalized spacial score (nSPS) is 10.3. The number of nitrogens with zero attached hydrogens (tertiary/aromatic N) is 2. The SMILES string of the molecule is CNc1cnc(N(C)C)c2ccccc12. The molecule has 0 spiro atoms. The Hall–Kier alpha value is -1.77.